The highest BCUT2D eigenvalue weighted by molar-refractivity contribution is 6.39. The predicted molar refractivity (Wildman–Crippen MR) is 98.8 cm³/mol. The first kappa shape index (κ1) is 17.6. The molecule has 2 aromatic carbocycles. The molecule has 1 heterocycles. The van der Waals surface area contributed by atoms with Gasteiger partial charge in [-0.2, -0.15) is 0 Å². The van der Waals surface area contributed by atoms with Gasteiger partial charge in [0.05, 0.1) is 21.4 Å². The van der Waals surface area contributed by atoms with Gasteiger partial charge in [-0.05, 0) is 24.3 Å². The lowest BCUT2D eigenvalue weighted by Gasteiger charge is -2.29. The fourth-order valence-electron chi connectivity index (χ4n) is 2.71. The minimum atomic E-state index is -0.188. The van der Waals surface area contributed by atoms with Crippen LogP contribution in [0.15, 0.2) is 42.5 Å². The largest absolute Gasteiger partial charge is 0.482 e. The number of carbonyl (C=O) groups excluding carboxylic acids is 2. The van der Waals surface area contributed by atoms with Crippen LogP contribution in [0.4, 0.5) is 11.4 Å². The standard InChI is InChI=1S/C18H16Cl2N2O3/c1-21(18-12(19)5-4-6-13(18)20)16(23)9-10-22-14-7-2-3-8-15(14)25-11-17(22)24/h2-8H,9-11H2,1H3. The summed E-state index contributed by atoms with van der Waals surface area (Å²) in [4.78, 5) is 27.7. The summed E-state index contributed by atoms with van der Waals surface area (Å²) < 4.78 is 5.40. The summed E-state index contributed by atoms with van der Waals surface area (Å²) in [5, 5.41) is 0.798. The van der Waals surface area contributed by atoms with Gasteiger partial charge in [0.2, 0.25) is 5.91 Å². The van der Waals surface area contributed by atoms with Gasteiger partial charge in [-0.25, -0.2) is 0 Å². The number of carbonyl (C=O) groups is 2. The highest BCUT2D eigenvalue weighted by Crippen LogP contribution is 2.34. The van der Waals surface area contributed by atoms with E-state index in [1.165, 1.54) is 4.90 Å². The molecule has 7 heteroatoms. The molecule has 0 aromatic heterocycles. The Bertz CT molecular complexity index is 805. The number of para-hydroxylation sites is 3. The molecule has 1 aliphatic heterocycles. The van der Waals surface area contributed by atoms with Crippen molar-refractivity contribution in [3.63, 3.8) is 0 Å². The Labute approximate surface area is 155 Å². The molecule has 0 atom stereocenters. The summed E-state index contributed by atoms with van der Waals surface area (Å²) in [7, 11) is 1.62. The number of ether oxygens (including phenoxy) is 1. The summed E-state index contributed by atoms with van der Waals surface area (Å²) in [6.45, 7) is 0.224. The van der Waals surface area contributed by atoms with Crippen molar-refractivity contribution < 1.29 is 14.3 Å². The first-order valence-electron chi connectivity index (χ1n) is 7.72. The van der Waals surface area contributed by atoms with Crippen LogP contribution in [-0.2, 0) is 9.59 Å². The van der Waals surface area contributed by atoms with Gasteiger partial charge in [-0.1, -0.05) is 41.4 Å². The average Bonchev–Trinajstić information content (AvgIpc) is 2.60. The molecule has 3 rings (SSSR count). The number of rotatable bonds is 4. The Morgan fingerprint density at radius 3 is 2.56 bits per heavy atom. The third-order valence-corrected chi connectivity index (χ3v) is 4.61. The van der Waals surface area contributed by atoms with Gasteiger partial charge in [-0.3, -0.25) is 9.59 Å². The van der Waals surface area contributed by atoms with Gasteiger partial charge >= 0.3 is 0 Å². The van der Waals surface area contributed by atoms with Gasteiger partial charge in [-0.15, -0.1) is 0 Å². The van der Waals surface area contributed by atoms with E-state index in [1.807, 2.05) is 12.1 Å². The molecule has 2 amide bonds. The zero-order valence-electron chi connectivity index (χ0n) is 13.5. The molecule has 0 saturated carbocycles. The van der Waals surface area contributed by atoms with Crippen molar-refractivity contribution in [2.45, 2.75) is 6.42 Å². The SMILES string of the molecule is CN(C(=O)CCN1C(=O)COc2ccccc21)c1c(Cl)cccc1Cl. The third-order valence-electron chi connectivity index (χ3n) is 4.00. The van der Waals surface area contributed by atoms with E-state index in [2.05, 4.69) is 0 Å². The summed E-state index contributed by atoms with van der Waals surface area (Å²) in [6.07, 6.45) is 0.137. The van der Waals surface area contributed by atoms with Gasteiger partial charge in [0.1, 0.15) is 5.75 Å². The molecule has 0 bridgehead atoms. The number of hydrogen-bond acceptors (Lipinski definition) is 3. The maximum atomic E-state index is 12.5. The molecule has 1 aliphatic rings. The summed E-state index contributed by atoms with van der Waals surface area (Å²) in [5.74, 6) is 0.272. The molecule has 2 aromatic rings. The Balaban J connectivity index is 1.73. The van der Waals surface area contributed by atoms with E-state index in [0.717, 1.165) is 0 Å². The zero-order valence-corrected chi connectivity index (χ0v) is 15.0. The number of nitrogens with zero attached hydrogens (tertiary/aromatic N) is 2. The van der Waals surface area contributed by atoms with Gasteiger partial charge in [0.25, 0.3) is 5.91 Å². The number of anilines is 2. The molecule has 0 spiro atoms. The topological polar surface area (TPSA) is 49.9 Å². The van der Waals surface area contributed by atoms with Gasteiger partial charge < -0.3 is 14.5 Å². The maximum Gasteiger partial charge on any atom is 0.265 e. The zero-order chi connectivity index (χ0) is 18.0. The van der Waals surface area contributed by atoms with Gasteiger partial charge in [0, 0.05) is 20.0 Å². The minimum Gasteiger partial charge on any atom is -0.482 e. The Morgan fingerprint density at radius 2 is 1.84 bits per heavy atom. The van der Waals surface area contributed by atoms with Crippen LogP contribution in [0.5, 0.6) is 5.75 Å². The van der Waals surface area contributed by atoms with E-state index in [9.17, 15) is 9.59 Å². The number of hydrogen-bond donors (Lipinski definition) is 0. The lowest BCUT2D eigenvalue weighted by Crippen LogP contribution is -2.41. The first-order chi connectivity index (χ1) is 12.0. The fraction of sp³-hybridized carbons (Fsp3) is 0.222. The van der Waals surface area contributed by atoms with E-state index in [0.29, 0.717) is 27.2 Å². The van der Waals surface area contributed by atoms with Crippen LogP contribution < -0.4 is 14.5 Å². The van der Waals surface area contributed by atoms with E-state index < -0.39 is 0 Å². The van der Waals surface area contributed by atoms with Crippen LogP contribution in [0.25, 0.3) is 0 Å². The van der Waals surface area contributed by atoms with E-state index >= 15 is 0 Å². The highest BCUT2D eigenvalue weighted by Gasteiger charge is 2.26. The smallest absolute Gasteiger partial charge is 0.265 e. The molecule has 0 saturated heterocycles. The molecule has 5 nitrogen and oxygen atoms in total. The van der Waals surface area contributed by atoms with Crippen molar-refractivity contribution in [1.29, 1.82) is 0 Å². The second-order valence-corrected chi connectivity index (χ2v) is 6.39. The van der Waals surface area contributed by atoms with Crippen LogP contribution in [0.1, 0.15) is 6.42 Å². The lowest BCUT2D eigenvalue weighted by molar-refractivity contribution is -0.121. The Hall–Kier alpha value is -2.24. The van der Waals surface area contributed by atoms with E-state index in [-0.39, 0.29) is 31.4 Å². The summed E-state index contributed by atoms with van der Waals surface area (Å²) in [5.41, 5.74) is 1.13. The molecule has 0 aliphatic carbocycles. The van der Waals surface area contributed by atoms with Crippen LogP contribution in [0.2, 0.25) is 10.0 Å². The summed E-state index contributed by atoms with van der Waals surface area (Å²) >= 11 is 12.3. The average molecular weight is 379 g/mol. The number of halogens is 2. The van der Waals surface area contributed by atoms with Crippen molar-refractivity contribution in [2.75, 3.05) is 30.0 Å². The number of amides is 2. The van der Waals surface area contributed by atoms with Crippen molar-refractivity contribution in [3.8, 4) is 5.75 Å². The van der Waals surface area contributed by atoms with Gasteiger partial charge in [0.15, 0.2) is 6.61 Å². The first-order valence-corrected chi connectivity index (χ1v) is 8.47. The molecule has 130 valence electrons. The normalized spacial score (nSPS) is 13.2. The molecule has 25 heavy (non-hydrogen) atoms. The number of benzene rings is 2. The van der Waals surface area contributed by atoms with Crippen molar-refractivity contribution in [3.05, 3.63) is 52.5 Å². The molecule has 0 radical (unpaired) electrons. The lowest BCUT2D eigenvalue weighted by atomic mass is 10.2. The maximum absolute atomic E-state index is 12.5. The Morgan fingerprint density at radius 1 is 1.16 bits per heavy atom. The Kier molecular flexibility index (Phi) is 5.16. The molecule has 0 unspecified atom stereocenters. The van der Waals surface area contributed by atoms with E-state index in [4.69, 9.17) is 27.9 Å². The molecular formula is C18H16Cl2N2O3. The van der Waals surface area contributed by atoms with Crippen LogP contribution in [-0.4, -0.2) is 32.0 Å². The van der Waals surface area contributed by atoms with Crippen LogP contribution in [0.3, 0.4) is 0 Å². The molecular weight excluding hydrogens is 363 g/mol. The minimum absolute atomic E-state index is 0.0304. The second-order valence-electron chi connectivity index (χ2n) is 5.57. The molecule has 0 fully saturated rings. The second kappa shape index (κ2) is 7.33. The predicted octanol–water partition coefficient (Wildman–Crippen LogP) is 3.77. The fourth-order valence-corrected chi connectivity index (χ4v) is 3.36. The highest BCUT2D eigenvalue weighted by atomic mass is 35.5. The molecule has 0 N–H and O–H groups in total. The monoisotopic (exact) mass is 378 g/mol. The van der Waals surface area contributed by atoms with Crippen molar-refractivity contribution in [2.24, 2.45) is 0 Å². The third kappa shape index (κ3) is 3.57. The van der Waals surface area contributed by atoms with Crippen LogP contribution >= 0.6 is 23.2 Å². The van der Waals surface area contributed by atoms with E-state index in [1.54, 1.807) is 42.3 Å². The quantitative estimate of drug-likeness (QED) is 0.813. The van der Waals surface area contributed by atoms with Crippen molar-refractivity contribution >= 4 is 46.4 Å². The van der Waals surface area contributed by atoms with Crippen molar-refractivity contribution in [1.82, 2.24) is 0 Å². The van der Waals surface area contributed by atoms with Crippen LogP contribution in [0, 0.1) is 0 Å². The number of fused-ring (bicyclic) bond motifs is 1. The summed E-state index contributed by atoms with van der Waals surface area (Å²) in [6, 6.07) is 12.3.